The quantitative estimate of drug-likeness (QED) is 0.863. The lowest BCUT2D eigenvalue weighted by molar-refractivity contribution is 0.171. The Morgan fingerprint density at radius 2 is 1.84 bits per heavy atom. The van der Waals surface area contributed by atoms with E-state index in [1.165, 1.54) is 0 Å². The van der Waals surface area contributed by atoms with Crippen molar-refractivity contribution < 1.29 is 14.3 Å². The van der Waals surface area contributed by atoms with Crippen molar-refractivity contribution in [3.63, 3.8) is 0 Å². The van der Waals surface area contributed by atoms with Crippen LogP contribution >= 0.6 is 11.6 Å². The second-order valence-corrected chi connectivity index (χ2v) is 6.92. The van der Waals surface area contributed by atoms with E-state index in [-0.39, 0.29) is 11.6 Å². The number of hydrogen-bond donors (Lipinski definition) is 2. The van der Waals surface area contributed by atoms with Gasteiger partial charge < -0.3 is 20.1 Å². The summed E-state index contributed by atoms with van der Waals surface area (Å²) in [6.45, 7) is 3.04. The molecular weight excluding hydrogens is 340 g/mol. The number of urea groups is 1. The summed E-state index contributed by atoms with van der Waals surface area (Å²) >= 11 is 6.01. The van der Waals surface area contributed by atoms with E-state index >= 15 is 0 Å². The summed E-state index contributed by atoms with van der Waals surface area (Å²) in [6.07, 6.45) is 1.79. The van der Waals surface area contributed by atoms with Crippen molar-refractivity contribution in [2.24, 2.45) is 0 Å². The highest BCUT2D eigenvalue weighted by Gasteiger charge is 2.46. The lowest BCUT2D eigenvalue weighted by atomic mass is 10.0. The number of aryl methyl sites for hydroxylation is 1. The Morgan fingerprint density at radius 1 is 1.08 bits per heavy atom. The molecule has 0 saturated heterocycles. The third-order valence-corrected chi connectivity index (χ3v) is 4.88. The summed E-state index contributed by atoms with van der Waals surface area (Å²) in [4.78, 5) is 12.5. The molecule has 25 heavy (non-hydrogen) atoms. The minimum Gasteiger partial charge on any atom is -0.486 e. The molecule has 0 atom stereocenters. The van der Waals surface area contributed by atoms with E-state index in [9.17, 15) is 4.79 Å². The fourth-order valence-electron chi connectivity index (χ4n) is 3.05. The van der Waals surface area contributed by atoms with Gasteiger partial charge in [-0.05, 0) is 55.2 Å². The molecule has 1 aliphatic heterocycles. The number of halogens is 1. The van der Waals surface area contributed by atoms with Gasteiger partial charge in [-0.25, -0.2) is 4.79 Å². The molecule has 2 amide bonds. The highest BCUT2D eigenvalue weighted by atomic mass is 35.5. The van der Waals surface area contributed by atoms with Gasteiger partial charge in [-0.1, -0.05) is 23.7 Å². The Balaban J connectivity index is 1.50. The Bertz CT molecular complexity index is 833. The molecule has 130 valence electrons. The Kier molecular flexibility index (Phi) is 3.96. The van der Waals surface area contributed by atoms with Gasteiger partial charge in [0, 0.05) is 10.7 Å². The molecule has 0 unspecified atom stereocenters. The van der Waals surface area contributed by atoms with Crippen LogP contribution in [0, 0.1) is 6.92 Å². The Labute approximate surface area is 151 Å². The number of carbonyl (C=O) groups is 1. The fourth-order valence-corrected chi connectivity index (χ4v) is 3.22. The zero-order valence-corrected chi connectivity index (χ0v) is 14.7. The summed E-state index contributed by atoms with van der Waals surface area (Å²) in [7, 11) is 0. The number of fused-ring (bicyclic) bond motifs is 1. The first-order valence-electron chi connectivity index (χ1n) is 8.31. The molecule has 2 aliphatic rings. The van der Waals surface area contributed by atoms with Crippen molar-refractivity contribution in [3.05, 3.63) is 52.5 Å². The first-order valence-corrected chi connectivity index (χ1v) is 8.69. The average molecular weight is 359 g/mol. The van der Waals surface area contributed by atoms with Crippen molar-refractivity contribution >= 4 is 23.3 Å². The molecule has 1 fully saturated rings. The topological polar surface area (TPSA) is 59.6 Å². The van der Waals surface area contributed by atoms with E-state index in [1.54, 1.807) is 12.1 Å². The van der Waals surface area contributed by atoms with E-state index in [1.807, 2.05) is 31.2 Å². The van der Waals surface area contributed by atoms with E-state index < -0.39 is 0 Å². The van der Waals surface area contributed by atoms with Crippen LogP contribution in [0.2, 0.25) is 5.02 Å². The SMILES string of the molecule is Cc1ccc(Cl)cc1NC(=O)NC1(c2ccc3c(c2)OCCO3)CC1. The van der Waals surface area contributed by atoms with Crippen molar-refractivity contribution in [3.8, 4) is 11.5 Å². The number of anilines is 1. The smallest absolute Gasteiger partial charge is 0.319 e. The number of ether oxygens (including phenoxy) is 2. The van der Waals surface area contributed by atoms with Crippen LogP contribution in [0.1, 0.15) is 24.0 Å². The maximum atomic E-state index is 12.5. The molecule has 0 aromatic heterocycles. The lowest BCUT2D eigenvalue weighted by Crippen LogP contribution is -2.38. The normalized spacial score (nSPS) is 16.9. The van der Waals surface area contributed by atoms with Crippen LogP contribution in [0.5, 0.6) is 11.5 Å². The molecule has 0 radical (unpaired) electrons. The highest BCUT2D eigenvalue weighted by Crippen LogP contribution is 2.47. The Hall–Kier alpha value is -2.40. The third-order valence-electron chi connectivity index (χ3n) is 4.65. The van der Waals surface area contributed by atoms with Gasteiger partial charge in [-0.2, -0.15) is 0 Å². The highest BCUT2D eigenvalue weighted by molar-refractivity contribution is 6.31. The van der Waals surface area contributed by atoms with Gasteiger partial charge in [0.2, 0.25) is 0 Å². The summed E-state index contributed by atoms with van der Waals surface area (Å²) in [5.41, 5.74) is 2.37. The number of amides is 2. The van der Waals surface area contributed by atoms with Gasteiger partial charge >= 0.3 is 6.03 Å². The molecule has 4 rings (SSSR count). The second kappa shape index (κ2) is 6.15. The van der Waals surface area contributed by atoms with Crippen LogP contribution in [0.25, 0.3) is 0 Å². The zero-order chi connectivity index (χ0) is 17.4. The predicted octanol–water partition coefficient (Wildman–Crippen LogP) is 4.23. The maximum absolute atomic E-state index is 12.5. The zero-order valence-electron chi connectivity index (χ0n) is 13.9. The van der Waals surface area contributed by atoms with Gasteiger partial charge in [0.15, 0.2) is 11.5 Å². The first kappa shape index (κ1) is 16.1. The van der Waals surface area contributed by atoms with Crippen molar-refractivity contribution in [1.29, 1.82) is 0 Å². The Morgan fingerprint density at radius 3 is 2.60 bits per heavy atom. The van der Waals surface area contributed by atoms with Gasteiger partial charge in [0.05, 0.1) is 5.54 Å². The molecule has 5 nitrogen and oxygen atoms in total. The van der Waals surface area contributed by atoms with Gasteiger partial charge in [-0.3, -0.25) is 0 Å². The van der Waals surface area contributed by atoms with Crippen molar-refractivity contribution in [2.45, 2.75) is 25.3 Å². The number of hydrogen-bond acceptors (Lipinski definition) is 3. The standard InChI is InChI=1S/C19H19ClN2O3/c1-12-2-4-14(20)11-15(12)21-18(23)22-19(6-7-19)13-3-5-16-17(10-13)25-9-8-24-16/h2-5,10-11H,6-9H2,1H3,(H2,21,22,23). The van der Waals surface area contributed by atoms with Crippen LogP contribution in [-0.4, -0.2) is 19.2 Å². The molecule has 2 N–H and O–H groups in total. The number of rotatable bonds is 3. The van der Waals surface area contributed by atoms with Crippen LogP contribution in [-0.2, 0) is 5.54 Å². The van der Waals surface area contributed by atoms with E-state index in [2.05, 4.69) is 10.6 Å². The second-order valence-electron chi connectivity index (χ2n) is 6.48. The van der Waals surface area contributed by atoms with Crippen molar-refractivity contribution in [1.82, 2.24) is 5.32 Å². The summed E-state index contributed by atoms with van der Waals surface area (Å²) < 4.78 is 11.2. The molecule has 1 saturated carbocycles. The van der Waals surface area contributed by atoms with Gasteiger partial charge in [0.1, 0.15) is 13.2 Å². The van der Waals surface area contributed by atoms with Crippen LogP contribution in [0.15, 0.2) is 36.4 Å². The average Bonchev–Trinajstić information content (AvgIpc) is 3.38. The van der Waals surface area contributed by atoms with E-state index in [0.717, 1.165) is 35.5 Å². The predicted molar refractivity (Wildman–Crippen MR) is 96.7 cm³/mol. The van der Waals surface area contributed by atoms with Crippen LogP contribution in [0.4, 0.5) is 10.5 Å². The number of benzene rings is 2. The first-order chi connectivity index (χ1) is 12.1. The van der Waals surface area contributed by atoms with Gasteiger partial charge in [-0.15, -0.1) is 0 Å². The maximum Gasteiger partial charge on any atom is 0.319 e. The summed E-state index contributed by atoms with van der Waals surface area (Å²) in [5.74, 6) is 1.49. The van der Waals surface area contributed by atoms with Crippen molar-refractivity contribution in [2.75, 3.05) is 18.5 Å². The largest absolute Gasteiger partial charge is 0.486 e. The molecule has 0 bridgehead atoms. The molecular formula is C19H19ClN2O3. The molecule has 1 aliphatic carbocycles. The minimum absolute atomic E-state index is 0.238. The van der Waals surface area contributed by atoms with Crippen LogP contribution in [0.3, 0.4) is 0 Å². The number of carbonyl (C=O) groups excluding carboxylic acids is 1. The molecule has 2 aromatic carbocycles. The minimum atomic E-state index is -0.341. The molecule has 1 heterocycles. The summed E-state index contributed by atoms with van der Waals surface area (Å²) in [6, 6.07) is 11.1. The number of nitrogens with one attached hydrogen (secondary N) is 2. The van der Waals surface area contributed by atoms with E-state index in [0.29, 0.717) is 23.9 Å². The van der Waals surface area contributed by atoms with Gasteiger partial charge in [0.25, 0.3) is 0 Å². The molecule has 6 heteroatoms. The lowest BCUT2D eigenvalue weighted by Gasteiger charge is -2.23. The molecule has 0 spiro atoms. The monoisotopic (exact) mass is 358 g/mol. The third kappa shape index (κ3) is 3.24. The van der Waals surface area contributed by atoms with Crippen LogP contribution < -0.4 is 20.1 Å². The summed E-state index contributed by atoms with van der Waals surface area (Å²) in [5, 5.41) is 6.58. The molecule has 2 aromatic rings. The van der Waals surface area contributed by atoms with E-state index in [4.69, 9.17) is 21.1 Å². The fraction of sp³-hybridized carbons (Fsp3) is 0.316.